The number of hydrogen-bond donors (Lipinski definition) is 1. The second-order valence-electron chi connectivity index (χ2n) is 7.30. The number of rotatable bonds is 3. The zero-order chi connectivity index (χ0) is 16.6. The van der Waals surface area contributed by atoms with Crippen molar-refractivity contribution in [3.8, 4) is 11.4 Å². The molecule has 124 valence electrons. The molecule has 0 radical (unpaired) electrons. The smallest absolute Gasteiger partial charge is 0.244 e. The Balaban J connectivity index is 1.79. The highest BCUT2D eigenvalue weighted by atomic mass is 16.5. The van der Waals surface area contributed by atoms with Crippen LogP contribution in [0.2, 0.25) is 0 Å². The summed E-state index contributed by atoms with van der Waals surface area (Å²) in [7, 11) is 0. The van der Waals surface area contributed by atoms with Crippen LogP contribution in [0.25, 0.3) is 11.4 Å². The van der Waals surface area contributed by atoms with Gasteiger partial charge in [-0.2, -0.15) is 4.98 Å². The highest BCUT2D eigenvalue weighted by Gasteiger charge is 2.36. The topological polar surface area (TPSA) is 68.2 Å². The highest BCUT2D eigenvalue weighted by molar-refractivity contribution is 5.58. The molecule has 0 saturated carbocycles. The third-order valence-corrected chi connectivity index (χ3v) is 5.07. The Bertz CT molecular complexity index is 679. The van der Waals surface area contributed by atoms with E-state index in [-0.39, 0.29) is 17.5 Å². The maximum absolute atomic E-state index is 6.23. The molecule has 1 fully saturated rings. The van der Waals surface area contributed by atoms with Gasteiger partial charge in [0.1, 0.15) is 0 Å². The molecular formula is C18H26N4O. The van der Waals surface area contributed by atoms with Gasteiger partial charge >= 0.3 is 0 Å². The van der Waals surface area contributed by atoms with E-state index in [9.17, 15) is 0 Å². The molecule has 2 N–H and O–H groups in total. The van der Waals surface area contributed by atoms with Gasteiger partial charge < -0.3 is 10.3 Å². The van der Waals surface area contributed by atoms with E-state index >= 15 is 0 Å². The molecule has 23 heavy (non-hydrogen) atoms. The summed E-state index contributed by atoms with van der Waals surface area (Å²) in [6.45, 7) is 10.5. The minimum Gasteiger partial charge on any atom is -0.337 e. The molecule has 1 aromatic carbocycles. The van der Waals surface area contributed by atoms with Crippen molar-refractivity contribution >= 4 is 0 Å². The van der Waals surface area contributed by atoms with Crippen LogP contribution in [0.5, 0.6) is 0 Å². The summed E-state index contributed by atoms with van der Waals surface area (Å²) in [6, 6.07) is 8.45. The predicted octanol–water partition coefficient (Wildman–Crippen LogP) is 3.17. The molecule has 0 bridgehead atoms. The Kier molecular flexibility index (Phi) is 4.25. The Morgan fingerprint density at radius 1 is 1.35 bits per heavy atom. The number of hydrogen-bond acceptors (Lipinski definition) is 5. The van der Waals surface area contributed by atoms with E-state index < -0.39 is 0 Å². The number of nitrogens with zero attached hydrogens (tertiary/aromatic N) is 3. The van der Waals surface area contributed by atoms with Crippen LogP contribution in [0.1, 0.15) is 44.7 Å². The number of aryl methyl sites for hydroxylation is 1. The molecule has 2 atom stereocenters. The Hall–Kier alpha value is -1.72. The molecule has 3 rings (SSSR count). The summed E-state index contributed by atoms with van der Waals surface area (Å²) in [5, 5.41) is 4.18. The quantitative estimate of drug-likeness (QED) is 0.942. The van der Waals surface area contributed by atoms with Gasteiger partial charge in [0, 0.05) is 24.7 Å². The highest BCUT2D eigenvalue weighted by Crippen LogP contribution is 2.33. The second-order valence-corrected chi connectivity index (χ2v) is 7.30. The third-order valence-electron chi connectivity index (χ3n) is 5.07. The van der Waals surface area contributed by atoms with E-state index in [1.54, 1.807) is 0 Å². The molecule has 5 heteroatoms. The van der Waals surface area contributed by atoms with Crippen molar-refractivity contribution in [2.24, 2.45) is 11.1 Å². The minimum atomic E-state index is 0.103. The van der Waals surface area contributed by atoms with Gasteiger partial charge in [-0.25, -0.2) is 0 Å². The lowest BCUT2D eigenvalue weighted by Crippen LogP contribution is -2.52. The van der Waals surface area contributed by atoms with Crippen molar-refractivity contribution in [1.82, 2.24) is 15.0 Å². The van der Waals surface area contributed by atoms with Crippen LogP contribution in [0, 0.1) is 12.3 Å². The van der Waals surface area contributed by atoms with Gasteiger partial charge in [-0.05, 0) is 31.2 Å². The number of likely N-dealkylation sites (tertiary alicyclic amines) is 1. The van der Waals surface area contributed by atoms with Gasteiger partial charge in [0.2, 0.25) is 11.7 Å². The van der Waals surface area contributed by atoms with Crippen molar-refractivity contribution in [3.63, 3.8) is 0 Å². The molecule has 1 saturated heterocycles. The molecule has 2 heterocycles. The van der Waals surface area contributed by atoms with Crippen molar-refractivity contribution in [2.75, 3.05) is 13.1 Å². The molecule has 1 aliphatic heterocycles. The zero-order valence-electron chi connectivity index (χ0n) is 14.4. The lowest BCUT2D eigenvalue weighted by molar-refractivity contribution is 0.0549. The molecule has 2 aromatic rings. The fraction of sp³-hybridized carbons (Fsp3) is 0.556. The van der Waals surface area contributed by atoms with Crippen molar-refractivity contribution in [1.29, 1.82) is 0 Å². The predicted molar refractivity (Wildman–Crippen MR) is 90.8 cm³/mol. The Labute approximate surface area is 137 Å². The van der Waals surface area contributed by atoms with E-state index in [4.69, 9.17) is 10.3 Å². The van der Waals surface area contributed by atoms with E-state index in [2.05, 4.69) is 48.8 Å². The number of nitrogens with two attached hydrogens (primary N) is 1. The maximum atomic E-state index is 6.23. The summed E-state index contributed by atoms with van der Waals surface area (Å²) in [6.07, 6.45) is 0.996. The fourth-order valence-electron chi connectivity index (χ4n) is 3.24. The summed E-state index contributed by atoms with van der Waals surface area (Å²) in [5.74, 6) is 1.34. The van der Waals surface area contributed by atoms with E-state index in [0.717, 1.165) is 30.6 Å². The van der Waals surface area contributed by atoms with Crippen LogP contribution >= 0.6 is 0 Å². The number of piperidine rings is 1. The average molecular weight is 314 g/mol. The SMILES string of the molecule is Cc1ccccc1-c1noc(C(C)N2CCC(N)C(C)(C)C2)n1. The minimum absolute atomic E-state index is 0.103. The van der Waals surface area contributed by atoms with Crippen molar-refractivity contribution in [3.05, 3.63) is 35.7 Å². The monoisotopic (exact) mass is 314 g/mol. The van der Waals surface area contributed by atoms with E-state index in [0.29, 0.717) is 11.7 Å². The summed E-state index contributed by atoms with van der Waals surface area (Å²) >= 11 is 0. The first-order valence-corrected chi connectivity index (χ1v) is 8.28. The van der Waals surface area contributed by atoms with E-state index in [1.165, 1.54) is 0 Å². The zero-order valence-corrected chi connectivity index (χ0v) is 14.4. The third kappa shape index (κ3) is 3.16. The Morgan fingerprint density at radius 2 is 2.09 bits per heavy atom. The summed E-state index contributed by atoms with van der Waals surface area (Å²) in [5.41, 5.74) is 8.51. The molecule has 0 spiro atoms. The second kappa shape index (κ2) is 6.06. The lowest BCUT2D eigenvalue weighted by atomic mass is 9.79. The first-order valence-electron chi connectivity index (χ1n) is 8.28. The van der Waals surface area contributed by atoms with Gasteiger partial charge in [0.15, 0.2) is 0 Å². The molecule has 1 aromatic heterocycles. The van der Waals surface area contributed by atoms with Gasteiger partial charge in [0.05, 0.1) is 6.04 Å². The molecule has 2 unspecified atom stereocenters. The first kappa shape index (κ1) is 16.1. The molecule has 0 amide bonds. The van der Waals surface area contributed by atoms with Crippen LogP contribution in [0.15, 0.2) is 28.8 Å². The van der Waals surface area contributed by atoms with Crippen molar-refractivity contribution < 1.29 is 4.52 Å². The largest absolute Gasteiger partial charge is 0.337 e. The van der Waals surface area contributed by atoms with E-state index in [1.807, 2.05) is 18.2 Å². The lowest BCUT2D eigenvalue weighted by Gasteiger charge is -2.44. The molecule has 1 aliphatic rings. The molecular weight excluding hydrogens is 288 g/mol. The van der Waals surface area contributed by atoms with Crippen LogP contribution in [-0.2, 0) is 0 Å². The van der Waals surface area contributed by atoms with Crippen LogP contribution in [0.3, 0.4) is 0 Å². The standard InChI is InChI=1S/C18H26N4O/c1-12-7-5-6-8-14(12)16-20-17(23-21-16)13(2)22-10-9-15(19)18(3,4)11-22/h5-8,13,15H,9-11,19H2,1-4H3. The fourth-order valence-corrected chi connectivity index (χ4v) is 3.24. The molecule has 5 nitrogen and oxygen atoms in total. The Morgan fingerprint density at radius 3 is 2.78 bits per heavy atom. The van der Waals surface area contributed by atoms with Crippen LogP contribution < -0.4 is 5.73 Å². The van der Waals surface area contributed by atoms with Crippen LogP contribution in [-0.4, -0.2) is 34.2 Å². The van der Waals surface area contributed by atoms with Gasteiger partial charge in [-0.3, -0.25) is 4.90 Å². The normalized spacial score (nSPS) is 22.9. The first-order chi connectivity index (χ1) is 10.9. The average Bonchev–Trinajstić information content (AvgIpc) is 2.99. The maximum Gasteiger partial charge on any atom is 0.244 e. The van der Waals surface area contributed by atoms with Crippen molar-refractivity contribution in [2.45, 2.75) is 46.2 Å². The van der Waals surface area contributed by atoms with Gasteiger partial charge in [0.25, 0.3) is 0 Å². The molecule has 0 aliphatic carbocycles. The van der Waals surface area contributed by atoms with Crippen LogP contribution in [0.4, 0.5) is 0 Å². The number of aromatic nitrogens is 2. The van der Waals surface area contributed by atoms with Gasteiger partial charge in [-0.1, -0.05) is 43.3 Å². The summed E-state index contributed by atoms with van der Waals surface area (Å²) in [4.78, 5) is 7.02. The number of benzene rings is 1. The summed E-state index contributed by atoms with van der Waals surface area (Å²) < 4.78 is 5.55. The van der Waals surface area contributed by atoms with Gasteiger partial charge in [-0.15, -0.1) is 0 Å².